The highest BCUT2D eigenvalue weighted by Gasteiger charge is 2.57. The molecule has 13 rings (SSSR count). The van der Waals surface area contributed by atoms with Crippen LogP contribution >= 0.6 is 0 Å². The van der Waals surface area contributed by atoms with Crippen LogP contribution in [0.25, 0.3) is 16.8 Å². The summed E-state index contributed by atoms with van der Waals surface area (Å²) in [4.78, 5) is 2.80. The van der Waals surface area contributed by atoms with E-state index in [4.69, 9.17) is 4.74 Å². The van der Waals surface area contributed by atoms with E-state index in [1.807, 2.05) is 0 Å². The molecule has 10 aliphatic carbocycles. The van der Waals surface area contributed by atoms with E-state index in [0.29, 0.717) is 23.7 Å². The molecule has 0 saturated heterocycles. The van der Waals surface area contributed by atoms with Gasteiger partial charge in [-0.25, -0.2) is 0 Å². The molecule has 1 heterocycles. The van der Waals surface area contributed by atoms with Gasteiger partial charge >= 0.3 is 0 Å². The molecule has 0 N–H and O–H groups in total. The Hall–Kier alpha value is -6.12. The lowest BCUT2D eigenvalue weighted by Gasteiger charge is -2.47. The first-order valence-corrected chi connectivity index (χ1v) is 25.0. The van der Waals surface area contributed by atoms with E-state index in [1.54, 1.807) is 22.3 Å². The molecule has 0 spiro atoms. The Balaban J connectivity index is 0.908. The van der Waals surface area contributed by atoms with Crippen LogP contribution in [0.5, 0.6) is 0 Å². The largest absolute Gasteiger partial charge is 0.485 e. The van der Waals surface area contributed by atoms with Gasteiger partial charge in [-0.3, -0.25) is 0 Å². The normalized spacial score (nSPS) is 32.3. The summed E-state index contributed by atoms with van der Waals surface area (Å²) in [6.45, 7) is 0. The molecule has 0 amide bonds. The third kappa shape index (κ3) is 6.26. The van der Waals surface area contributed by atoms with Crippen molar-refractivity contribution < 1.29 is 4.74 Å². The van der Waals surface area contributed by atoms with Crippen LogP contribution in [-0.2, 0) is 11.2 Å². The molecule has 2 heteroatoms. The molecule has 7 unspecified atom stereocenters. The molecule has 8 atom stereocenters. The summed E-state index contributed by atoms with van der Waals surface area (Å²) in [5.74, 6) is 2.88. The molecule has 2 nitrogen and oxygen atoms in total. The number of benzene rings is 2. The fourth-order valence-electron chi connectivity index (χ4n) is 13.9. The van der Waals surface area contributed by atoms with Gasteiger partial charge in [-0.2, -0.15) is 0 Å². The zero-order valence-corrected chi connectivity index (χ0v) is 37.5. The summed E-state index contributed by atoms with van der Waals surface area (Å²) in [6, 6.07) is 11.9. The van der Waals surface area contributed by atoms with E-state index in [2.05, 4.69) is 187 Å². The van der Waals surface area contributed by atoms with Gasteiger partial charge in [0, 0.05) is 45.9 Å². The highest BCUT2D eigenvalue weighted by Crippen LogP contribution is 2.66. The zero-order chi connectivity index (χ0) is 42.9. The number of fused-ring (bicyclic) bond motifs is 7. The minimum atomic E-state index is -0.119. The number of hydrogen-bond donors (Lipinski definition) is 0. The second-order valence-corrected chi connectivity index (χ2v) is 20.0. The maximum absolute atomic E-state index is 6.82. The van der Waals surface area contributed by atoms with Gasteiger partial charge in [-0.05, 0) is 139 Å². The van der Waals surface area contributed by atoms with Crippen LogP contribution in [0.1, 0.15) is 75.3 Å². The smallest absolute Gasteiger partial charge is 0.127 e. The lowest BCUT2D eigenvalue weighted by Crippen LogP contribution is -2.43. The third-order valence-electron chi connectivity index (χ3n) is 16.7. The van der Waals surface area contributed by atoms with Crippen LogP contribution in [0.4, 0.5) is 5.69 Å². The second-order valence-electron chi connectivity index (χ2n) is 20.0. The summed E-state index contributed by atoms with van der Waals surface area (Å²) in [6.07, 6.45) is 72.6. The van der Waals surface area contributed by atoms with E-state index in [0.717, 1.165) is 70.6 Å². The monoisotopic (exact) mass is 845 g/mol. The van der Waals surface area contributed by atoms with Crippen molar-refractivity contribution in [2.75, 3.05) is 4.90 Å². The topological polar surface area (TPSA) is 12.5 Å². The number of rotatable bonds is 7. The van der Waals surface area contributed by atoms with Crippen LogP contribution in [0.2, 0.25) is 0 Å². The standard InChI is InChI=1S/C63H59NO/c1-4-18-43(19-5-1)50-29-16-30-53-55-40-44(36-39-60(55)65-62(50)53)42-34-37-48(38-35-42)64(59-41-45-20-10-11-25-49(45)51-26-12-13-27-52(51)59)58-33-17-32-57-61(58)54-28-14-15-31-56(54)63(57,46-21-6-2-7-22-46)47-23-8-3-9-24-47/h1-8,11-14,17-18,21,23,25-29,32-34,36-43,46,55,58,60-61H,9-10,15-16,19-20,22,24,30-31,35H2/t42?,43?,46-,55?,58?,60?,61?,63?/m1/s1. The lowest BCUT2D eigenvalue weighted by atomic mass is 9.57. The molecular weight excluding hydrogens is 787 g/mol. The predicted molar refractivity (Wildman–Crippen MR) is 271 cm³/mol. The molecule has 65 heavy (non-hydrogen) atoms. The molecule has 11 aliphatic rings. The minimum Gasteiger partial charge on any atom is -0.485 e. The number of hydrogen-bond acceptors (Lipinski definition) is 2. The number of aryl methyl sites for hydroxylation is 1. The first-order valence-electron chi connectivity index (χ1n) is 25.0. The van der Waals surface area contributed by atoms with E-state index >= 15 is 0 Å². The van der Waals surface area contributed by atoms with Crippen molar-refractivity contribution >= 4 is 22.5 Å². The van der Waals surface area contributed by atoms with Crippen LogP contribution in [0, 0.1) is 35.0 Å². The Morgan fingerprint density at radius 1 is 0.646 bits per heavy atom. The molecule has 1 aliphatic heterocycles. The predicted octanol–water partition coefficient (Wildman–Crippen LogP) is 15.2. The summed E-state index contributed by atoms with van der Waals surface area (Å²) in [7, 11) is 0. The van der Waals surface area contributed by atoms with Gasteiger partial charge in [-0.15, -0.1) is 0 Å². The van der Waals surface area contributed by atoms with Crippen LogP contribution < -0.4 is 4.90 Å². The Bertz CT molecular complexity index is 2930. The van der Waals surface area contributed by atoms with Crippen LogP contribution in [0.15, 0.2) is 227 Å². The minimum absolute atomic E-state index is 0.0992. The average Bonchev–Trinajstić information content (AvgIpc) is 3.92. The van der Waals surface area contributed by atoms with Gasteiger partial charge in [0.25, 0.3) is 0 Å². The maximum atomic E-state index is 6.82. The van der Waals surface area contributed by atoms with Crippen molar-refractivity contribution in [2.24, 2.45) is 35.0 Å². The van der Waals surface area contributed by atoms with Crippen molar-refractivity contribution in [3.8, 4) is 0 Å². The summed E-state index contributed by atoms with van der Waals surface area (Å²) < 4.78 is 6.82. The number of ether oxygens (including phenoxy) is 1. The van der Waals surface area contributed by atoms with Crippen molar-refractivity contribution in [1.29, 1.82) is 0 Å². The quantitative estimate of drug-likeness (QED) is 0.275. The lowest BCUT2D eigenvalue weighted by molar-refractivity contribution is 0.167. The summed E-state index contributed by atoms with van der Waals surface area (Å²) >= 11 is 0. The molecule has 2 aromatic rings. The molecular formula is C63H59NO. The Labute approximate surface area is 386 Å². The van der Waals surface area contributed by atoms with Gasteiger partial charge in [0.2, 0.25) is 0 Å². The molecule has 322 valence electrons. The Kier molecular flexibility index (Phi) is 9.72. The number of anilines is 1. The Morgan fingerprint density at radius 2 is 1.52 bits per heavy atom. The van der Waals surface area contributed by atoms with Gasteiger partial charge in [0.1, 0.15) is 11.9 Å². The van der Waals surface area contributed by atoms with Crippen LogP contribution in [-0.4, -0.2) is 12.1 Å². The van der Waals surface area contributed by atoms with Gasteiger partial charge in [0.05, 0.1) is 6.04 Å². The van der Waals surface area contributed by atoms with Crippen molar-refractivity contribution in [3.05, 3.63) is 238 Å². The molecule has 0 bridgehead atoms. The number of allylic oxidation sites excluding steroid dienone is 25. The molecule has 0 radical (unpaired) electrons. The van der Waals surface area contributed by atoms with E-state index in [-0.39, 0.29) is 23.5 Å². The van der Waals surface area contributed by atoms with Crippen LogP contribution in [0.3, 0.4) is 0 Å². The summed E-state index contributed by atoms with van der Waals surface area (Å²) in [5.41, 5.74) is 16.2. The van der Waals surface area contributed by atoms with Crippen molar-refractivity contribution in [1.82, 2.24) is 0 Å². The molecule has 0 aromatic heterocycles. The van der Waals surface area contributed by atoms with Crippen molar-refractivity contribution in [2.45, 2.75) is 82.8 Å². The van der Waals surface area contributed by atoms with Crippen molar-refractivity contribution in [3.63, 3.8) is 0 Å². The van der Waals surface area contributed by atoms with Gasteiger partial charge in [-0.1, -0.05) is 175 Å². The summed E-state index contributed by atoms with van der Waals surface area (Å²) in [5, 5.41) is 2.70. The molecule has 2 aromatic carbocycles. The highest BCUT2D eigenvalue weighted by atomic mass is 16.5. The van der Waals surface area contributed by atoms with E-state index in [9.17, 15) is 0 Å². The molecule has 0 fully saturated rings. The SMILES string of the molecule is C1=CCCC(C2([C@@H]3C=CC=CC3)C3=CC=CC(N(C4=CCC(C5=CC6C7=C(OC6C=C5)C(C5C=CC=CC5)=CCC7)C=C4)c4cc5c(c6ccccc46)C=CCC5)C3C3=C2CCC=C3)=C1. The van der Waals surface area contributed by atoms with Gasteiger partial charge < -0.3 is 9.64 Å². The van der Waals surface area contributed by atoms with E-state index in [1.165, 1.54) is 55.8 Å². The fraction of sp³-hybridized carbons (Fsp3) is 0.302. The second kappa shape index (κ2) is 16.1. The van der Waals surface area contributed by atoms with Gasteiger partial charge in [0.15, 0.2) is 0 Å². The average molecular weight is 846 g/mol. The highest BCUT2D eigenvalue weighted by molar-refractivity contribution is 6.02. The van der Waals surface area contributed by atoms with E-state index < -0.39 is 0 Å². The maximum Gasteiger partial charge on any atom is 0.127 e. The third-order valence-corrected chi connectivity index (χ3v) is 16.7. The zero-order valence-electron chi connectivity index (χ0n) is 37.5. The first-order chi connectivity index (χ1) is 32.3. The first kappa shape index (κ1) is 39.3. The number of nitrogens with zero attached hydrogens (tertiary/aromatic N) is 1. The Morgan fingerprint density at radius 3 is 2.37 bits per heavy atom. The molecule has 0 saturated carbocycles. The fourth-order valence-corrected chi connectivity index (χ4v) is 13.9.